The Kier molecular flexibility index (Phi) is 8.21. The largest absolute Gasteiger partial charge is 0.461 e. The Morgan fingerprint density at radius 3 is 2.43 bits per heavy atom. The van der Waals surface area contributed by atoms with Crippen molar-refractivity contribution < 1.29 is 37.0 Å². The summed E-state index contributed by atoms with van der Waals surface area (Å²) in [5.41, 5.74) is -0.633. The normalized spacial score (nSPS) is 14.3. The van der Waals surface area contributed by atoms with Gasteiger partial charge in [-0.05, 0) is 50.1 Å². The van der Waals surface area contributed by atoms with E-state index in [1.54, 1.807) is 11.8 Å². The molecule has 0 saturated carbocycles. The SMILES string of the molecule is CCOC(=O)c1c[nH]c(SC2CCN(C(=O)Oc3ccc(Oc4ccc(C(F)(F)F)cn4)cc3)CC2)n1. The lowest BCUT2D eigenvalue weighted by Crippen LogP contribution is -2.40. The van der Waals surface area contributed by atoms with Crippen molar-refractivity contribution in [3.8, 4) is 17.4 Å². The molecule has 0 aliphatic carbocycles. The number of hydrogen-bond acceptors (Lipinski definition) is 8. The third-order valence-corrected chi connectivity index (χ3v) is 6.57. The van der Waals surface area contributed by atoms with E-state index in [4.69, 9.17) is 14.2 Å². The number of H-pyrrole nitrogens is 1. The predicted molar refractivity (Wildman–Crippen MR) is 127 cm³/mol. The Labute approximate surface area is 214 Å². The minimum absolute atomic E-state index is 0.00477. The molecule has 37 heavy (non-hydrogen) atoms. The second-order valence-corrected chi connectivity index (χ2v) is 9.23. The van der Waals surface area contributed by atoms with Gasteiger partial charge >= 0.3 is 18.2 Å². The number of nitrogens with one attached hydrogen (secondary N) is 1. The number of amides is 1. The van der Waals surface area contributed by atoms with Gasteiger partial charge < -0.3 is 24.1 Å². The van der Waals surface area contributed by atoms with Gasteiger partial charge in [-0.25, -0.2) is 19.6 Å². The highest BCUT2D eigenvalue weighted by Gasteiger charge is 2.31. The number of carbonyl (C=O) groups excluding carboxylic acids is 2. The summed E-state index contributed by atoms with van der Waals surface area (Å²) in [7, 11) is 0. The van der Waals surface area contributed by atoms with Gasteiger partial charge in [-0.1, -0.05) is 11.8 Å². The fourth-order valence-corrected chi connectivity index (χ4v) is 4.50. The van der Waals surface area contributed by atoms with Crippen LogP contribution in [-0.2, 0) is 10.9 Å². The highest BCUT2D eigenvalue weighted by atomic mass is 32.2. The lowest BCUT2D eigenvalue weighted by Gasteiger charge is -2.30. The lowest BCUT2D eigenvalue weighted by molar-refractivity contribution is -0.137. The van der Waals surface area contributed by atoms with Gasteiger partial charge in [0.25, 0.3) is 0 Å². The third-order valence-electron chi connectivity index (χ3n) is 5.33. The molecular weight excluding hydrogens is 513 g/mol. The number of halogens is 3. The number of aromatic nitrogens is 3. The molecule has 1 aliphatic rings. The Bertz CT molecular complexity index is 1210. The van der Waals surface area contributed by atoms with Crippen molar-refractivity contribution in [2.75, 3.05) is 19.7 Å². The van der Waals surface area contributed by atoms with Crippen LogP contribution in [0.2, 0.25) is 0 Å². The van der Waals surface area contributed by atoms with Crippen LogP contribution in [0.3, 0.4) is 0 Å². The number of aromatic amines is 1. The molecule has 2 aromatic heterocycles. The van der Waals surface area contributed by atoms with Crippen LogP contribution in [-0.4, -0.2) is 56.9 Å². The zero-order valence-corrected chi connectivity index (χ0v) is 20.5. The van der Waals surface area contributed by atoms with E-state index < -0.39 is 23.8 Å². The molecule has 196 valence electrons. The molecule has 0 radical (unpaired) electrons. The van der Waals surface area contributed by atoms with Gasteiger partial charge in [-0.15, -0.1) is 0 Å². The molecule has 1 aliphatic heterocycles. The molecule has 1 amide bonds. The highest BCUT2D eigenvalue weighted by Crippen LogP contribution is 2.31. The molecule has 3 aromatic rings. The molecule has 0 unspecified atom stereocenters. The van der Waals surface area contributed by atoms with Gasteiger partial charge in [0, 0.05) is 36.8 Å². The summed E-state index contributed by atoms with van der Waals surface area (Å²) in [5.74, 6) is 0.161. The first kappa shape index (κ1) is 26.3. The average Bonchev–Trinajstić information content (AvgIpc) is 3.34. The number of nitrogens with zero attached hydrogens (tertiary/aromatic N) is 3. The van der Waals surface area contributed by atoms with E-state index in [-0.39, 0.29) is 23.4 Å². The van der Waals surface area contributed by atoms with Gasteiger partial charge in [-0.3, -0.25) is 0 Å². The van der Waals surface area contributed by atoms with Gasteiger partial charge in [0.05, 0.1) is 12.2 Å². The number of imidazole rings is 1. The summed E-state index contributed by atoms with van der Waals surface area (Å²) < 4.78 is 53.7. The number of carbonyl (C=O) groups is 2. The van der Waals surface area contributed by atoms with E-state index in [2.05, 4.69) is 15.0 Å². The number of rotatable bonds is 7. The van der Waals surface area contributed by atoms with Crippen molar-refractivity contribution in [1.29, 1.82) is 0 Å². The second kappa shape index (κ2) is 11.5. The van der Waals surface area contributed by atoms with Crippen LogP contribution in [0.25, 0.3) is 0 Å². The maximum Gasteiger partial charge on any atom is 0.417 e. The zero-order chi connectivity index (χ0) is 26.4. The van der Waals surface area contributed by atoms with Crippen molar-refractivity contribution in [3.63, 3.8) is 0 Å². The Morgan fingerprint density at radius 2 is 1.81 bits per heavy atom. The van der Waals surface area contributed by atoms with Gasteiger partial charge in [0.1, 0.15) is 11.5 Å². The first-order valence-electron chi connectivity index (χ1n) is 11.4. The maximum absolute atomic E-state index is 12.6. The van der Waals surface area contributed by atoms with E-state index in [1.807, 2.05) is 0 Å². The van der Waals surface area contributed by atoms with E-state index in [0.29, 0.717) is 35.9 Å². The molecule has 0 bridgehead atoms. The first-order valence-corrected chi connectivity index (χ1v) is 12.3. The Morgan fingerprint density at radius 1 is 1.11 bits per heavy atom. The van der Waals surface area contributed by atoms with Crippen LogP contribution in [0.4, 0.5) is 18.0 Å². The Balaban J connectivity index is 1.23. The topological polar surface area (TPSA) is 107 Å². The number of ether oxygens (including phenoxy) is 3. The molecule has 1 saturated heterocycles. The number of hydrogen-bond donors (Lipinski definition) is 1. The molecule has 1 N–H and O–H groups in total. The third kappa shape index (κ3) is 7.15. The van der Waals surface area contributed by atoms with E-state index in [1.165, 1.54) is 42.2 Å². The summed E-state index contributed by atoms with van der Waals surface area (Å²) in [6.07, 6.45) is -1.29. The number of esters is 1. The van der Waals surface area contributed by atoms with Crippen LogP contribution in [0.5, 0.6) is 17.4 Å². The second-order valence-electron chi connectivity index (χ2n) is 7.94. The molecule has 0 spiro atoms. The molecular formula is C24H23F3N4O5S. The molecule has 1 aromatic carbocycles. The highest BCUT2D eigenvalue weighted by molar-refractivity contribution is 7.99. The smallest absolute Gasteiger partial charge is 0.417 e. The number of thioether (sulfide) groups is 1. The van der Waals surface area contributed by atoms with E-state index in [9.17, 15) is 22.8 Å². The minimum atomic E-state index is -4.47. The van der Waals surface area contributed by atoms with Crippen LogP contribution >= 0.6 is 11.8 Å². The molecule has 13 heteroatoms. The number of pyridine rings is 1. The molecule has 1 fully saturated rings. The Hall–Kier alpha value is -3.74. The van der Waals surface area contributed by atoms with Crippen molar-refractivity contribution in [3.05, 3.63) is 60.0 Å². The zero-order valence-electron chi connectivity index (χ0n) is 19.7. The molecule has 3 heterocycles. The fourth-order valence-electron chi connectivity index (χ4n) is 3.46. The number of benzene rings is 1. The summed E-state index contributed by atoms with van der Waals surface area (Å²) in [5, 5.41) is 0.846. The minimum Gasteiger partial charge on any atom is -0.461 e. The number of likely N-dealkylation sites (tertiary alicyclic amines) is 1. The monoisotopic (exact) mass is 536 g/mol. The predicted octanol–water partition coefficient (Wildman–Crippen LogP) is 5.55. The van der Waals surface area contributed by atoms with Crippen molar-refractivity contribution in [2.24, 2.45) is 0 Å². The van der Waals surface area contributed by atoms with Crippen LogP contribution in [0, 0.1) is 0 Å². The quantitative estimate of drug-likeness (QED) is 0.392. The van der Waals surface area contributed by atoms with Gasteiger partial charge in [0.2, 0.25) is 5.88 Å². The van der Waals surface area contributed by atoms with Crippen molar-refractivity contribution in [2.45, 2.75) is 36.3 Å². The number of alkyl halides is 3. The van der Waals surface area contributed by atoms with Gasteiger partial charge in [0.15, 0.2) is 10.9 Å². The van der Waals surface area contributed by atoms with Crippen LogP contribution in [0.1, 0.15) is 35.8 Å². The van der Waals surface area contributed by atoms with Crippen LogP contribution in [0.15, 0.2) is 53.9 Å². The summed E-state index contributed by atoms with van der Waals surface area (Å²) in [6, 6.07) is 8.12. The van der Waals surface area contributed by atoms with Crippen molar-refractivity contribution >= 4 is 23.8 Å². The fraction of sp³-hybridized carbons (Fsp3) is 0.333. The van der Waals surface area contributed by atoms with E-state index in [0.717, 1.165) is 25.0 Å². The average molecular weight is 537 g/mol. The molecule has 4 rings (SSSR count). The first-order chi connectivity index (χ1) is 17.7. The maximum atomic E-state index is 12.6. The van der Waals surface area contributed by atoms with E-state index >= 15 is 0 Å². The summed E-state index contributed by atoms with van der Waals surface area (Å²) in [4.78, 5) is 36.8. The van der Waals surface area contributed by atoms with Crippen molar-refractivity contribution in [1.82, 2.24) is 19.9 Å². The summed E-state index contributed by atoms with van der Waals surface area (Å²) >= 11 is 1.51. The summed E-state index contributed by atoms with van der Waals surface area (Å²) in [6.45, 7) is 3.01. The molecule has 9 nitrogen and oxygen atoms in total. The van der Waals surface area contributed by atoms with Gasteiger partial charge in [-0.2, -0.15) is 13.2 Å². The lowest BCUT2D eigenvalue weighted by atomic mass is 10.1. The van der Waals surface area contributed by atoms with Crippen LogP contribution < -0.4 is 9.47 Å². The number of piperidine rings is 1. The standard InChI is InChI=1S/C24H23F3N4O5S/c1-2-34-21(32)19-14-29-22(30-19)37-18-9-11-31(12-10-18)23(33)36-17-6-4-16(5-7-17)35-20-8-3-15(13-28-20)24(25,26)27/h3-8,13-14,18H,2,9-12H2,1H3,(H,29,30). The molecule has 0 atom stereocenters.